The van der Waals surface area contributed by atoms with Crippen molar-refractivity contribution < 1.29 is 19.5 Å². The van der Waals surface area contributed by atoms with Crippen molar-refractivity contribution in [2.75, 3.05) is 18.5 Å². The number of nitrogens with one attached hydrogen (secondary N) is 2. The normalized spacial score (nSPS) is 28.2. The van der Waals surface area contributed by atoms with E-state index >= 15 is 0 Å². The number of carbonyl (C=O) groups is 3. The quantitative estimate of drug-likeness (QED) is 0.306. The average Bonchev–Trinajstić information content (AvgIpc) is 3.55. The second kappa shape index (κ2) is 11.1. The number of hydrogen-bond acceptors (Lipinski definition) is 5. The fraction of sp³-hybridized carbons (Fsp3) is 0.424. The Labute approximate surface area is 245 Å². The van der Waals surface area contributed by atoms with Crippen LogP contribution in [0.3, 0.4) is 0 Å². The first-order valence-electron chi connectivity index (χ1n) is 14.6. The fourth-order valence-electron chi connectivity index (χ4n) is 7.31. The second-order valence-corrected chi connectivity index (χ2v) is 13.7. The van der Waals surface area contributed by atoms with Crippen LogP contribution in [0.4, 0.5) is 5.69 Å². The molecule has 5 atom stereocenters. The summed E-state index contributed by atoms with van der Waals surface area (Å²) in [5, 5.41) is 17.6. The third-order valence-electron chi connectivity index (χ3n) is 9.19. The molecule has 1 spiro atoms. The van der Waals surface area contributed by atoms with Gasteiger partial charge in [0.25, 0.3) is 0 Å². The lowest BCUT2D eigenvalue weighted by Gasteiger charge is -2.35. The number of fused-ring (bicyclic) bond motifs is 2. The lowest BCUT2D eigenvalue weighted by atomic mass is 9.66. The van der Waals surface area contributed by atoms with Crippen molar-refractivity contribution in [3.63, 3.8) is 0 Å². The highest BCUT2D eigenvalue weighted by Crippen LogP contribution is 2.71. The number of rotatable bonds is 10. The average molecular weight is 572 g/mol. The maximum atomic E-state index is 14.2. The van der Waals surface area contributed by atoms with Crippen LogP contribution in [0.2, 0.25) is 0 Å². The van der Waals surface area contributed by atoms with Gasteiger partial charge in [0.1, 0.15) is 6.04 Å². The van der Waals surface area contributed by atoms with E-state index in [4.69, 9.17) is 0 Å². The minimum absolute atomic E-state index is 0.0940. The largest absolute Gasteiger partial charge is 0.396 e. The zero-order valence-electron chi connectivity index (χ0n) is 23.3. The minimum atomic E-state index is -0.667. The van der Waals surface area contributed by atoms with Gasteiger partial charge in [-0.3, -0.25) is 14.4 Å². The SMILES string of the molecule is C[C@@]12CCC3(S1)C(C(=O)Nc1ccc4ccccc4c1)N(CCCCCO)C(=O)[C@@H]3[C@@H]2C(=O)NCc1ccccc1. The van der Waals surface area contributed by atoms with Gasteiger partial charge >= 0.3 is 0 Å². The number of benzene rings is 3. The Kier molecular flexibility index (Phi) is 7.55. The standard InChI is InChI=1S/C33H37N3O4S/c1-32-16-17-33(41-32)27(26(32)29(38)34-21-22-10-4-2-5-11-22)31(40)36(18-8-3-9-19-37)28(33)30(39)35-25-15-14-23-12-6-7-13-24(23)20-25/h2,4-7,10-15,20,26-28,37H,3,8-9,16-19,21H2,1H3,(H,34,38)(H,35,39)/t26-,27+,28?,32+,33?/m1/s1. The summed E-state index contributed by atoms with van der Waals surface area (Å²) in [4.78, 5) is 43.9. The van der Waals surface area contributed by atoms with Crippen LogP contribution in [0.1, 0.15) is 44.6 Å². The van der Waals surface area contributed by atoms with E-state index in [1.165, 1.54) is 0 Å². The zero-order valence-corrected chi connectivity index (χ0v) is 24.2. The molecule has 41 heavy (non-hydrogen) atoms. The Morgan fingerprint density at radius 3 is 2.49 bits per heavy atom. The topological polar surface area (TPSA) is 98.7 Å². The molecule has 8 heteroatoms. The van der Waals surface area contributed by atoms with Crippen molar-refractivity contribution in [2.45, 2.75) is 61.1 Å². The predicted molar refractivity (Wildman–Crippen MR) is 162 cm³/mol. The highest BCUT2D eigenvalue weighted by atomic mass is 32.2. The predicted octanol–water partition coefficient (Wildman–Crippen LogP) is 4.74. The number of nitrogens with zero attached hydrogens (tertiary/aromatic N) is 1. The van der Waals surface area contributed by atoms with Crippen LogP contribution >= 0.6 is 11.8 Å². The molecule has 0 aromatic heterocycles. The number of amides is 3. The molecule has 2 bridgehead atoms. The van der Waals surface area contributed by atoms with E-state index in [-0.39, 0.29) is 24.3 Å². The highest BCUT2D eigenvalue weighted by Gasteiger charge is 2.77. The van der Waals surface area contributed by atoms with E-state index in [0.717, 1.165) is 35.6 Å². The molecular weight excluding hydrogens is 534 g/mol. The van der Waals surface area contributed by atoms with Crippen molar-refractivity contribution in [3.05, 3.63) is 78.4 Å². The number of aliphatic hydroxyl groups is 1. The Bertz CT molecular complexity index is 1470. The second-order valence-electron chi connectivity index (χ2n) is 11.8. The van der Waals surface area contributed by atoms with Gasteiger partial charge in [0.2, 0.25) is 17.7 Å². The minimum Gasteiger partial charge on any atom is -0.396 e. The van der Waals surface area contributed by atoms with E-state index in [1.54, 1.807) is 16.7 Å². The number of hydrogen-bond donors (Lipinski definition) is 3. The summed E-state index contributed by atoms with van der Waals surface area (Å²) in [5.74, 6) is -1.45. The monoisotopic (exact) mass is 571 g/mol. The number of aliphatic hydroxyl groups excluding tert-OH is 1. The van der Waals surface area contributed by atoms with E-state index in [9.17, 15) is 19.5 Å². The Morgan fingerprint density at radius 2 is 1.71 bits per heavy atom. The summed E-state index contributed by atoms with van der Waals surface area (Å²) < 4.78 is -1.07. The smallest absolute Gasteiger partial charge is 0.248 e. The van der Waals surface area contributed by atoms with Gasteiger partial charge in [0.05, 0.1) is 16.6 Å². The molecule has 0 saturated carbocycles. The Balaban J connectivity index is 1.29. The first kappa shape index (κ1) is 27.8. The van der Waals surface area contributed by atoms with Crippen molar-refractivity contribution >= 4 is 45.9 Å². The third-order valence-corrected chi connectivity index (χ3v) is 11.2. The third kappa shape index (κ3) is 4.91. The Hall–Kier alpha value is -3.36. The summed E-state index contributed by atoms with van der Waals surface area (Å²) >= 11 is 1.69. The molecule has 3 aromatic carbocycles. The van der Waals surface area contributed by atoms with Crippen LogP contribution in [0.15, 0.2) is 72.8 Å². The number of carbonyl (C=O) groups excluding carboxylic acids is 3. The lowest BCUT2D eigenvalue weighted by molar-refractivity contribution is -0.140. The molecule has 0 aliphatic carbocycles. The van der Waals surface area contributed by atoms with Crippen LogP contribution in [0.25, 0.3) is 10.8 Å². The molecule has 3 aliphatic rings. The number of thioether (sulfide) groups is 1. The van der Waals surface area contributed by atoms with Gasteiger partial charge in [0.15, 0.2) is 0 Å². The molecule has 2 unspecified atom stereocenters. The van der Waals surface area contributed by atoms with Gasteiger partial charge in [-0.15, -0.1) is 11.8 Å². The van der Waals surface area contributed by atoms with E-state index in [1.807, 2.05) is 72.8 Å². The summed E-state index contributed by atoms with van der Waals surface area (Å²) in [6, 6.07) is 23.0. The molecule has 3 saturated heterocycles. The molecule has 6 rings (SSSR count). The number of anilines is 1. The lowest BCUT2D eigenvalue weighted by Crippen LogP contribution is -2.52. The molecule has 3 aromatic rings. The molecule has 3 heterocycles. The van der Waals surface area contributed by atoms with Gasteiger partial charge in [0, 0.05) is 30.1 Å². The molecular formula is C33H37N3O4S. The zero-order chi connectivity index (χ0) is 28.6. The van der Waals surface area contributed by atoms with Crippen molar-refractivity contribution in [1.29, 1.82) is 0 Å². The van der Waals surface area contributed by atoms with E-state index in [2.05, 4.69) is 17.6 Å². The van der Waals surface area contributed by atoms with E-state index < -0.39 is 27.4 Å². The summed E-state index contributed by atoms with van der Waals surface area (Å²) in [5.41, 5.74) is 1.70. The molecule has 3 aliphatic heterocycles. The number of unbranched alkanes of at least 4 members (excludes halogenated alkanes) is 2. The maximum Gasteiger partial charge on any atom is 0.248 e. The van der Waals surface area contributed by atoms with Crippen molar-refractivity contribution in [2.24, 2.45) is 11.8 Å². The summed E-state index contributed by atoms with van der Waals surface area (Å²) in [6.45, 7) is 3.03. The van der Waals surface area contributed by atoms with Gasteiger partial charge in [-0.05, 0) is 67.5 Å². The fourth-order valence-corrected chi connectivity index (χ4v) is 9.67. The van der Waals surface area contributed by atoms with Crippen LogP contribution in [-0.4, -0.2) is 56.4 Å². The molecule has 3 fully saturated rings. The van der Waals surface area contributed by atoms with Gasteiger partial charge in [-0.1, -0.05) is 60.7 Å². The van der Waals surface area contributed by atoms with Crippen LogP contribution < -0.4 is 10.6 Å². The number of likely N-dealkylation sites (tertiary alicyclic amines) is 1. The van der Waals surface area contributed by atoms with Gasteiger partial charge in [-0.25, -0.2) is 0 Å². The van der Waals surface area contributed by atoms with Gasteiger partial charge < -0.3 is 20.6 Å². The maximum absolute atomic E-state index is 14.2. The Morgan fingerprint density at radius 1 is 0.951 bits per heavy atom. The molecule has 0 radical (unpaired) electrons. The van der Waals surface area contributed by atoms with Crippen molar-refractivity contribution in [1.82, 2.24) is 10.2 Å². The van der Waals surface area contributed by atoms with E-state index in [0.29, 0.717) is 31.6 Å². The highest BCUT2D eigenvalue weighted by molar-refractivity contribution is 8.02. The van der Waals surface area contributed by atoms with Crippen LogP contribution in [-0.2, 0) is 20.9 Å². The molecule has 214 valence electrons. The summed E-state index contributed by atoms with van der Waals surface area (Å²) in [6.07, 6.45) is 3.62. The molecule has 3 N–H and O–H groups in total. The van der Waals surface area contributed by atoms with Gasteiger partial charge in [-0.2, -0.15) is 0 Å². The molecule has 7 nitrogen and oxygen atoms in total. The van der Waals surface area contributed by atoms with Crippen molar-refractivity contribution in [3.8, 4) is 0 Å². The first-order valence-corrected chi connectivity index (χ1v) is 15.4. The van der Waals surface area contributed by atoms with Crippen LogP contribution in [0.5, 0.6) is 0 Å². The summed E-state index contributed by atoms with van der Waals surface area (Å²) in [7, 11) is 0. The molecule has 3 amide bonds. The van der Waals surface area contributed by atoms with Crippen LogP contribution in [0, 0.1) is 11.8 Å². The first-order chi connectivity index (χ1) is 19.9.